The van der Waals surface area contributed by atoms with Crippen LogP contribution in [0.5, 0.6) is 11.5 Å². The first kappa shape index (κ1) is 21.2. The van der Waals surface area contributed by atoms with Gasteiger partial charge >= 0.3 is 0 Å². The zero-order valence-corrected chi connectivity index (χ0v) is 17.3. The van der Waals surface area contributed by atoms with E-state index in [0.717, 1.165) is 18.4 Å². The summed E-state index contributed by atoms with van der Waals surface area (Å²) in [5.74, 6) is -0.409. The number of carbonyl (C=O) groups excluding carboxylic acids is 2. The maximum atomic E-state index is 14.3. The third-order valence-electron chi connectivity index (χ3n) is 4.84. The van der Waals surface area contributed by atoms with Gasteiger partial charge in [-0.25, -0.2) is 4.39 Å². The van der Waals surface area contributed by atoms with E-state index in [1.807, 2.05) is 12.1 Å². The topological polar surface area (TPSA) is 80.3 Å². The van der Waals surface area contributed by atoms with Gasteiger partial charge in [0.15, 0.2) is 11.6 Å². The minimum atomic E-state index is -0.540. The van der Waals surface area contributed by atoms with Gasteiger partial charge in [0.05, 0.1) is 6.20 Å². The number of rotatable bonds is 8. The fourth-order valence-electron chi connectivity index (χ4n) is 2.93. The minimum Gasteiger partial charge on any atom is -0.453 e. The van der Waals surface area contributed by atoms with E-state index in [-0.39, 0.29) is 17.6 Å². The Labute approximate surface area is 185 Å². The van der Waals surface area contributed by atoms with Gasteiger partial charge in [-0.2, -0.15) is 0 Å². The third-order valence-corrected chi connectivity index (χ3v) is 4.84. The first-order chi connectivity index (χ1) is 15.6. The molecule has 0 saturated heterocycles. The predicted octanol–water partition coefficient (Wildman–Crippen LogP) is 4.23. The molecule has 1 aromatic heterocycles. The Bertz CT molecular complexity index is 1130. The van der Waals surface area contributed by atoms with Crippen LogP contribution in [0.15, 0.2) is 73.1 Å². The number of hydrogen-bond acceptors (Lipinski definition) is 4. The second-order valence-corrected chi connectivity index (χ2v) is 7.48. The molecule has 0 aliphatic heterocycles. The average molecular weight is 431 g/mol. The molecule has 1 heterocycles. The van der Waals surface area contributed by atoms with Gasteiger partial charge in [0.25, 0.3) is 5.91 Å². The number of halogens is 1. The van der Waals surface area contributed by atoms with E-state index in [9.17, 15) is 14.0 Å². The summed E-state index contributed by atoms with van der Waals surface area (Å²) in [7, 11) is 0. The van der Waals surface area contributed by atoms with Crippen molar-refractivity contribution >= 4 is 17.9 Å². The Balaban J connectivity index is 1.27. The lowest BCUT2D eigenvalue weighted by Gasteiger charge is -2.07. The molecule has 0 atom stereocenters. The molecule has 162 valence electrons. The molecular weight excluding hydrogens is 409 g/mol. The van der Waals surface area contributed by atoms with Crippen molar-refractivity contribution in [2.45, 2.75) is 25.4 Å². The highest BCUT2D eigenvalue weighted by Crippen LogP contribution is 2.25. The summed E-state index contributed by atoms with van der Waals surface area (Å²) >= 11 is 0. The van der Waals surface area contributed by atoms with Crippen molar-refractivity contribution in [2.75, 3.05) is 0 Å². The van der Waals surface area contributed by atoms with Crippen LogP contribution < -0.4 is 15.4 Å². The lowest BCUT2D eigenvalue weighted by atomic mass is 10.1. The number of hydrogen-bond donors (Lipinski definition) is 2. The van der Waals surface area contributed by atoms with E-state index in [4.69, 9.17) is 4.74 Å². The van der Waals surface area contributed by atoms with Crippen LogP contribution in [0.4, 0.5) is 4.39 Å². The predicted molar refractivity (Wildman–Crippen MR) is 119 cm³/mol. The number of benzene rings is 2. The van der Waals surface area contributed by atoms with Crippen LogP contribution in [-0.4, -0.2) is 22.8 Å². The quantitative estimate of drug-likeness (QED) is 0.523. The number of ether oxygens (including phenoxy) is 1. The molecular formula is C25H22FN3O3. The summed E-state index contributed by atoms with van der Waals surface area (Å²) < 4.78 is 19.7. The number of carbonyl (C=O) groups is 2. The van der Waals surface area contributed by atoms with Crippen LogP contribution in [0.1, 0.15) is 34.3 Å². The first-order valence-corrected chi connectivity index (χ1v) is 10.3. The van der Waals surface area contributed by atoms with Crippen LogP contribution in [0.3, 0.4) is 0 Å². The second-order valence-electron chi connectivity index (χ2n) is 7.48. The maximum Gasteiger partial charge on any atom is 0.251 e. The second kappa shape index (κ2) is 9.87. The number of aromatic nitrogens is 1. The molecule has 2 N–H and O–H groups in total. The molecule has 6 nitrogen and oxygen atoms in total. The summed E-state index contributed by atoms with van der Waals surface area (Å²) in [5, 5.41) is 5.70. The van der Waals surface area contributed by atoms with Crippen molar-refractivity contribution in [3.8, 4) is 11.5 Å². The zero-order chi connectivity index (χ0) is 22.3. The maximum absolute atomic E-state index is 14.3. The number of amides is 2. The molecule has 0 radical (unpaired) electrons. The van der Waals surface area contributed by atoms with Crippen molar-refractivity contribution in [3.63, 3.8) is 0 Å². The molecule has 7 heteroatoms. The highest BCUT2D eigenvalue weighted by Gasteiger charge is 2.23. The molecule has 4 rings (SSSR count). The largest absolute Gasteiger partial charge is 0.453 e. The molecule has 0 spiro atoms. The number of pyridine rings is 1. The van der Waals surface area contributed by atoms with E-state index in [2.05, 4.69) is 15.6 Å². The molecule has 1 saturated carbocycles. The third kappa shape index (κ3) is 6.01. The lowest BCUT2D eigenvalue weighted by Crippen LogP contribution is -2.25. The SMILES string of the molecule is O=C(/C=C/c1ccc(Oc2cccnc2)c(F)c1)NCc1ccc(C(=O)NC2CC2)cc1. The average Bonchev–Trinajstić information content (AvgIpc) is 3.63. The van der Waals surface area contributed by atoms with Gasteiger partial charge in [-0.1, -0.05) is 18.2 Å². The number of nitrogens with one attached hydrogen (secondary N) is 2. The summed E-state index contributed by atoms with van der Waals surface area (Å²) in [4.78, 5) is 28.0. The molecule has 0 unspecified atom stereocenters. The molecule has 1 aliphatic carbocycles. The molecule has 1 aliphatic rings. The van der Waals surface area contributed by atoms with E-state index in [0.29, 0.717) is 29.5 Å². The number of nitrogens with zero attached hydrogens (tertiary/aromatic N) is 1. The summed E-state index contributed by atoms with van der Waals surface area (Å²) in [6.07, 6.45) is 8.05. The Morgan fingerprint density at radius 3 is 2.62 bits per heavy atom. The Morgan fingerprint density at radius 2 is 1.94 bits per heavy atom. The molecule has 3 aromatic rings. The van der Waals surface area contributed by atoms with Crippen molar-refractivity contribution in [3.05, 3.63) is 95.6 Å². The normalized spacial score (nSPS) is 13.0. The van der Waals surface area contributed by atoms with E-state index in [1.165, 1.54) is 30.5 Å². The highest BCUT2D eigenvalue weighted by molar-refractivity contribution is 5.94. The van der Waals surface area contributed by atoms with Gasteiger partial charge in [-0.05, 0) is 66.4 Å². The van der Waals surface area contributed by atoms with Gasteiger partial charge in [0.1, 0.15) is 5.75 Å². The fourth-order valence-corrected chi connectivity index (χ4v) is 2.93. The standard InChI is InChI=1S/C25H22FN3O3/c26-22-14-17(5-11-23(22)32-21-2-1-13-27-16-21)6-12-24(30)28-15-18-3-7-19(8-4-18)25(31)29-20-9-10-20/h1-8,11-14,16,20H,9-10,15H2,(H,28,30)(H,29,31)/b12-6+. The van der Waals surface area contributed by atoms with Gasteiger partial charge in [-0.15, -0.1) is 0 Å². The Morgan fingerprint density at radius 1 is 1.12 bits per heavy atom. The minimum absolute atomic E-state index is 0.0740. The van der Waals surface area contributed by atoms with Crippen LogP contribution in [0, 0.1) is 5.82 Å². The van der Waals surface area contributed by atoms with Crippen LogP contribution >= 0.6 is 0 Å². The van der Waals surface area contributed by atoms with Crippen LogP contribution in [0.2, 0.25) is 0 Å². The fraction of sp³-hybridized carbons (Fsp3) is 0.160. The molecule has 1 fully saturated rings. The smallest absolute Gasteiger partial charge is 0.251 e. The molecule has 2 aromatic carbocycles. The zero-order valence-electron chi connectivity index (χ0n) is 17.3. The molecule has 0 bridgehead atoms. The van der Waals surface area contributed by atoms with Gasteiger partial charge < -0.3 is 15.4 Å². The van der Waals surface area contributed by atoms with Crippen molar-refractivity contribution in [2.24, 2.45) is 0 Å². The van der Waals surface area contributed by atoms with Crippen LogP contribution in [-0.2, 0) is 11.3 Å². The van der Waals surface area contributed by atoms with Crippen molar-refractivity contribution in [1.82, 2.24) is 15.6 Å². The van der Waals surface area contributed by atoms with Gasteiger partial charge in [0.2, 0.25) is 5.91 Å². The Kier molecular flexibility index (Phi) is 6.55. The molecule has 2 amide bonds. The lowest BCUT2D eigenvalue weighted by molar-refractivity contribution is -0.116. The van der Waals surface area contributed by atoms with E-state index < -0.39 is 5.82 Å². The Hall–Kier alpha value is -4.00. The van der Waals surface area contributed by atoms with Gasteiger partial charge in [-0.3, -0.25) is 14.6 Å². The molecule has 32 heavy (non-hydrogen) atoms. The summed E-state index contributed by atoms with van der Waals surface area (Å²) in [6, 6.07) is 15.2. The van der Waals surface area contributed by atoms with Crippen LogP contribution in [0.25, 0.3) is 6.08 Å². The van der Waals surface area contributed by atoms with Crippen molar-refractivity contribution < 1.29 is 18.7 Å². The van der Waals surface area contributed by atoms with E-state index in [1.54, 1.807) is 36.5 Å². The van der Waals surface area contributed by atoms with Crippen molar-refractivity contribution in [1.29, 1.82) is 0 Å². The highest BCUT2D eigenvalue weighted by atomic mass is 19.1. The first-order valence-electron chi connectivity index (χ1n) is 10.3. The summed E-state index contributed by atoms with van der Waals surface area (Å²) in [5.41, 5.74) is 2.00. The van der Waals surface area contributed by atoms with E-state index >= 15 is 0 Å². The van der Waals surface area contributed by atoms with Gasteiger partial charge in [0, 0.05) is 30.4 Å². The monoisotopic (exact) mass is 431 g/mol. The summed E-state index contributed by atoms with van der Waals surface area (Å²) in [6.45, 7) is 0.319.